The summed E-state index contributed by atoms with van der Waals surface area (Å²) in [5.74, 6) is 2.28. The van der Waals surface area contributed by atoms with Gasteiger partial charge in [0.15, 0.2) is 0 Å². The Balaban J connectivity index is 1.21. The second kappa shape index (κ2) is 9.88. The molecule has 31 heavy (non-hydrogen) atoms. The van der Waals surface area contributed by atoms with Crippen LogP contribution in [0.15, 0.2) is 48.7 Å². The number of aromatic nitrogens is 1. The number of piperidine rings is 1. The first kappa shape index (κ1) is 21.2. The monoisotopic (exact) mass is 421 g/mol. The van der Waals surface area contributed by atoms with Crippen molar-refractivity contribution in [3.8, 4) is 11.5 Å². The van der Waals surface area contributed by atoms with Crippen molar-refractivity contribution < 1.29 is 14.3 Å². The summed E-state index contributed by atoms with van der Waals surface area (Å²) in [6.07, 6.45) is 4.23. The molecule has 1 fully saturated rings. The predicted molar refractivity (Wildman–Crippen MR) is 123 cm³/mol. The zero-order chi connectivity index (χ0) is 21.6. The summed E-state index contributed by atoms with van der Waals surface area (Å²) in [6.45, 7) is 5.32. The molecular weight excluding hydrogens is 390 g/mol. The van der Waals surface area contributed by atoms with E-state index in [4.69, 9.17) is 9.47 Å². The highest BCUT2D eigenvalue weighted by atomic mass is 16.5. The van der Waals surface area contributed by atoms with Gasteiger partial charge in [-0.1, -0.05) is 12.1 Å². The van der Waals surface area contributed by atoms with Gasteiger partial charge in [0.25, 0.3) is 0 Å². The summed E-state index contributed by atoms with van der Waals surface area (Å²) in [6, 6.07) is 14.1. The van der Waals surface area contributed by atoms with Crippen molar-refractivity contribution >= 4 is 16.8 Å². The third kappa shape index (κ3) is 5.39. The predicted octanol–water partition coefficient (Wildman–Crippen LogP) is 3.86. The first-order valence-corrected chi connectivity index (χ1v) is 11.0. The second-order valence-electron chi connectivity index (χ2n) is 8.22. The van der Waals surface area contributed by atoms with E-state index in [9.17, 15) is 4.79 Å². The molecule has 0 bridgehead atoms. The Morgan fingerprint density at radius 3 is 2.77 bits per heavy atom. The maximum absolute atomic E-state index is 12.3. The molecule has 1 aliphatic heterocycles. The lowest BCUT2D eigenvalue weighted by Crippen LogP contribution is -2.42. The Bertz CT molecular complexity index is 1020. The van der Waals surface area contributed by atoms with Gasteiger partial charge in [-0.15, -0.1) is 0 Å². The fourth-order valence-corrected chi connectivity index (χ4v) is 4.31. The van der Waals surface area contributed by atoms with E-state index in [2.05, 4.69) is 33.5 Å². The first-order chi connectivity index (χ1) is 15.1. The number of benzene rings is 2. The van der Waals surface area contributed by atoms with Crippen LogP contribution < -0.4 is 14.8 Å². The molecule has 6 heteroatoms. The zero-order valence-electron chi connectivity index (χ0n) is 18.3. The third-order valence-corrected chi connectivity index (χ3v) is 6.00. The lowest BCUT2D eigenvalue weighted by molar-refractivity contribution is -0.122. The number of aryl methyl sites for hydroxylation is 1. The molecule has 0 radical (unpaired) electrons. The molecular formula is C25H31N3O3. The Kier molecular flexibility index (Phi) is 6.77. The fourth-order valence-electron chi connectivity index (χ4n) is 4.31. The number of amides is 1. The quantitative estimate of drug-likeness (QED) is 0.542. The van der Waals surface area contributed by atoms with Crippen LogP contribution in [0, 0.1) is 6.92 Å². The van der Waals surface area contributed by atoms with Crippen LogP contribution in [-0.4, -0.2) is 55.7 Å². The van der Waals surface area contributed by atoms with Gasteiger partial charge in [0, 0.05) is 17.1 Å². The van der Waals surface area contributed by atoms with Crippen LogP contribution in [-0.2, 0) is 4.79 Å². The number of hydrogen-bond acceptors (Lipinski definition) is 4. The number of ether oxygens (including phenoxy) is 2. The van der Waals surface area contributed by atoms with Gasteiger partial charge in [-0.3, -0.25) is 9.69 Å². The van der Waals surface area contributed by atoms with E-state index in [1.165, 1.54) is 10.9 Å². The molecule has 1 aromatic heterocycles. The lowest BCUT2D eigenvalue weighted by atomic mass is 9.89. The highest BCUT2D eigenvalue weighted by Gasteiger charge is 2.24. The van der Waals surface area contributed by atoms with Crippen molar-refractivity contribution in [3.05, 3.63) is 59.8 Å². The molecule has 164 valence electrons. The minimum atomic E-state index is 0.0584. The van der Waals surface area contributed by atoms with Gasteiger partial charge in [-0.25, -0.2) is 0 Å². The molecule has 1 aliphatic rings. The minimum Gasteiger partial charge on any atom is -0.497 e. The molecule has 2 N–H and O–H groups in total. The van der Waals surface area contributed by atoms with Crippen molar-refractivity contribution in [3.63, 3.8) is 0 Å². The molecule has 0 aliphatic carbocycles. The maximum atomic E-state index is 12.3. The smallest absolute Gasteiger partial charge is 0.234 e. The van der Waals surface area contributed by atoms with Crippen LogP contribution in [0.1, 0.15) is 29.9 Å². The van der Waals surface area contributed by atoms with E-state index < -0.39 is 0 Å². The number of nitrogens with one attached hydrogen (secondary N) is 2. The van der Waals surface area contributed by atoms with Crippen LogP contribution in [0.3, 0.4) is 0 Å². The lowest BCUT2D eigenvalue weighted by Gasteiger charge is -2.31. The molecule has 3 aromatic rings. The van der Waals surface area contributed by atoms with Crippen molar-refractivity contribution in [1.82, 2.24) is 15.2 Å². The molecule has 6 nitrogen and oxygen atoms in total. The van der Waals surface area contributed by atoms with E-state index in [0.717, 1.165) is 48.5 Å². The second-order valence-corrected chi connectivity index (χ2v) is 8.22. The highest BCUT2D eigenvalue weighted by Crippen LogP contribution is 2.34. The molecule has 1 amide bonds. The van der Waals surface area contributed by atoms with Crippen LogP contribution >= 0.6 is 0 Å². The van der Waals surface area contributed by atoms with E-state index in [1.54, 1.807) is 7.11 Å². The number of nitrogens with zero attached hydrogens (tertiary/aromatic N) is 1. The number of hydrogen-bond donors (Lipinski definition) is 2. The molecule has 0 spiro atoms. The summed E-state index contributed by atoms with van der Waals surface area (Å²) < 4.78 is 11.1. The fraction of sp³-hybridized carbons (Fsp3) is 0.400. The van der Waals surface area contributed by atoms with Crippen LogP contribution in [0.4, 0.5) is 0 Å². The zero-order valence-corrected chi connectivity index (χ0v) is 18.3. The summed E-state index contributed by atoms with van der Waals surface area (Å²) in [7, 11) is 1.70. The number of carbonyl (C=O) groups is 1. The molecule has 0 saturated carbocycles. The number of rotatable bonds is 8. The average molecular weight is 422 g/mol. The molecule has 0 atom stereocenters. The number of H-pyrrole nitrogens is 1. The summed E-state index contributed by atoms with van der Waals surface area (Å²) in [5, 5.41) is 4.21. The van der Waals surface area contributed by atoms with E-state index >= 15 is 0 Å². The van der Waals surface area contributed by atoms with Crippen molar-refractivity contribution in [1.29, 1.82) is 0 Å². The van der Waals surface area contributed by atoms with Gasteiger partial charge in [-0.2, -0.15) is 0 Å². The summed E-state index contributed by atoms with van der Waals surface area (Å²) in [4.78, 5) is 17.9. The largest absolute Gasteiger partial charge is 0.497 e. The molecule has 2 heterocycles. The van der Waals surface area contributed by atoms with Crippen LogP contribution in [0.2, 0.25) is 0 Å². The Hall–Kier alpha value is -2.99. The van der Waals surface area contributed by atoms with Gasteiger partial charge in [0.2, 0.25) is 5.91 Å². The Labute approximate surface area is 183 Å². The molecule has 4 rings (SSSR count). The highest BCUT2D eigenvalue weighted by molar-refractivity contribution is 5.85. The molecule has 2 aromatic carbocycles. The van der Waals surface area contributed by atoms with Crippen molar-refractivity contribution in [2.75, 3.05) is 39.9 Å². The number of likely N-dealkylation sites (tertiary alicyclic amines) is 1. The first-order valence-electron chi connectivity index (χ1n) is 11.0. The van der Waals surface area contributed by atoms with Crippen LogP contribution in [0.5, 0.6) is 11.5 Å². The molecule has 0 unspecified atom stereocenters. The van der Waals surface area contributed by atoms with Crippen LogP contribution in [0.25, 0.3) is 10.9 Å². The van der Waals surface area contributed by atoms with Gasteiger partial charge in [-0.05, 0) is 80.2 Å². The van der Waals surface area contributed by atoms with Gasteiger partial charge in [0.1, 0.15) is 18.1 Å². The van der Waals surface area contributed by atoms with E-state index in [-0.39, 0.29) is 5.91 Å². The Morgan fingerprint density at radius 2 is 2.00 bits per heavy atom. The van der Waals surface area contributed by atoms with Gasteiger partial charge >= 0.3 is 0 Å². The topological polar surface area (TPSA) is 66.6 Å². The number of fused-ring (bicyclic) bond motifs is 1. The standard InChI is InChI=1S/C25H31N3O3/c1-18-4-3-5-21(14-18)31-13-10-26-25(29)17-28-11-8-19(9-12-28)23-16-27-24-7-6-20(30-2)15-22(23)24/h3-7,14-16,19,27H,8-13,17H2,1-2H3,(H,26,29). The van der Waals surface area contributed by atoms with E-state index in [1.807, 2.05) is 37.3 Å². The molecule has 1 saturated heterocycles. The normalized spacial score (nSPS) is 15.2. The number of methoxy groups -OCH3 is 1. The van der Waals surface area contributed by atoms with E-state index in [0.29, 0.717) is 25.6 Å². The average Bonchev–Trinajstić information content (AvgIpc) is 3.20. The van der Waals surface area contributed by atoms with Gasteiger partial charge in [0.05, 0.1) is 20.2 Å². The van der Waals surface area contributed by atoms with Crippen molar-refractivity contribution in [2.24, 2.45) is 0 Å². The number of carbonyl (C=O) groups excluding carboxylic acids is 1. The third-order valence-electron chi connectivity index (χ3n) is 6.00. The maximum Gasteiger partial charge on any atom is 0.234 e. The summed E-state index contributed by atoms with van der Waals surface area (Å²) >= 11 is 0. The summed E-state index contributed by atoms with van der Waals surface area (Å²) in [5.41, 5.74) is 3.66. The van der Waals surface area contributed by atoms with Gasteiger partial charge < -0.3 is 19.8 Å². The Morgan fingerprint density at radius 1 is 1.16 bits per heavy atom. The number of aromatic amines is 1. The minimum absolute atomic E-state index is 0.0584. The SMILES string of the molecule is COc1ccc2[nH]cc(C3CCN(CC(=O)NCCOc4cccc(C)c4)CC3)c2c1. The van der Waals surface area contributed by atoms with Crippen molar-refractivity contribution in [2.45, 2.75) is 25.7 Å².